The van der Waals surface area contributed by atoms with Crippen LogP contribution in [0.3, 0.4) is 0 Å². The van der Waals surface area contributed by atoms with Gasteiger partial charge in [0.25, 0.3) is 5.91 Å². The Balaban J connectivity index is 1.37. The van der Waals surface area contributed by atoms with Gasteiger partial charge in [0.2, 0.25) is 0 Å². The Kier molecular flexibility index (Phi) is 5.07. The van der Waals surface area contributed by atoms with Crippen molar-refractivity contribution in [3.63, 3.8) is 0 Å². The summed E-state index contributed by atoms with van der Waals surface area (Å²) in [5.74, 6) is 0.639. The number of likely N-dealkylation sites (tertiary alicyclic amines) is 1. The predicted octanol–water partition coefficient (Wildman–Crippen LogP) is 2.68. The molecule has 4 rings (SSSR count). The van der Waals surface area contributed by atoms with Crippen LogP contribution in [0, 0.1) is 5.92 Å². The van der Waals surface area contributed by atoms with Gasteiger partial charge in [-0.05, 0) is 61.8 Å². The van der Waals surface area contributed by atoms with Gasteiger partial charge < -0.3 is 10.2 Å². The molecule has 2 aliphatic rings. The van der Waals surface area contributed by atoms with Gasteiger partial charge in [-0.1, -0.05) is 24.3 Å². The Bertz CT molecular complexity index is 769. The zero-order chi connectivity index (χ0) is 17.9. The van der Waals surface area contributed by atoms with Crippen LogP contribution in [0.5, 0.6) is 0 Å². The van der Waals surface area contributed by atoms with Crippen LogP contribution >= 0.6 is 0 Å². The Morgan fingerprint density at radius 3 is 2.92 bits per heavy atom. The van der Waals surface area contributed by atoms with Gasteiger partial charge in [-0.3, -0.25) is 9.48 Å². The number of rotatable bonds is 4. The van der Waals surface area contributed by atoms with E-state index in [-0.39, 0.29) is 5.91 Å². The smallest absolute Gasteiger partial charge is 0.271 e. The van der Waals surface area contributed by atoms with Crippen molar-refractivity contribution in [2.24, 2.45) is 5.92 Å². The second-order valence-electron chi connectivity index (χ2n) is 7.69. The predicted molar refractivity (Wildman–Crippen MR) is 102 cm³/mol. The molecule has 1 amide bonds. The van der Waals surface area contributed by atoms with Crippen LogP contribution in [0.25, 0.3) is 0 Å². The monoisotopic (exact) mass is 352 g/mol. The van der Waals surface area contributed by atoms with Crippen molar-refractivity contribution in [3.8, 4) is 0 Å². The van der Waals surface area contributed by atoms with E-state index >= 15 is 0 Å². The summed E-state index contributed by atoms with van der Waals surface area (Å²) < 4.78 is 1.99. The first-order valence-electron chi connectivity index (χ1n) is 9.79. The highest BCUT2D eigenvalue weighted by molar-refractivity contribution is 5.91. The second kappa shape index (κ2) is 7.62. The highest BCUT2D eigenvalue weighted by Crippen LogP contribution is 2.28. The normalized spacial score (nSPS) is 23.4. The van der Waals surface area contributed by atoms with Crippen molar-refractivity contribution in [2.45, 2.75) is 38.1 Å². The number of aryl methyl sites for hydroxylation is 1. The van der Waals surface area contributed by atoms with Crippen LogP contribution in [0.1, 0.15) is 46.9 Å². The molecule has 2 aromatic rings. The molecule has 26 heavy (non-hydrogen) atoms. The quantitative estimate of drug-likeness (QED) is 0.920. The lowest BCUT2D eigenvalue weighted by atomic mass is 9.83. The lowest BCUT2D eigenvalue weighted by Gasteiger charge is -2.36. The Labute approximate surface area is 155 Å². The summed E-state index contributed by atoms with van der Waals surface area (Å²) in [5.41, 5.74) is 3.59. The zero-order valence-corrected chi connectivity index (χ0v) is 15.5. The summed E-state index contributed by atoms with van der Waals surface area (Å²) in [7, 11) is 1.64. The molecule has 1 saturated heterocycles. The molecule has 1 fully saturated rings. The highest BCUT2D eigenvalue weighted by Gasteiger charge is 2.26. The summed E-state index contributed by atoms with van der Waals surface area (Å²) in [6.45, 7) is 3.39. The minimum atomic E-state index is -0.114. The van der Waals surface area contributed by atoms with E-state index in [1.807, 2.05) is 16.9 Å². The molecular weight excluding hydrogens is 324 g/mol. The molecule has 1 aromatic heterocycles. The summed E-state index contributed by atoms with van der Waals surface area (Å²) >= 11 is 0. The molecule has 5 heteroatoms. The van der Waals surface area contributed by atoms with Gasteiger partial charge in [-0.25, -0.2) is 0 Å². The summed E-state index contributed by atoms with van der Waals surface area (Å²) in [5, 5.41) is 7.14. The average molecular weight is 352 g/mol. The number of piperidine rings is 1. The fraction of sp³-hybridized carbons (Fsp3) is 0.524. The number of fused-ring (bicyclic) bond motifs is 1. The Hall–Kier alpha value is -2.14. The van der Waals surface area contributed by atoms with Crippen LogP contribution in [0.4, 0.5) is 0 Å². The molecule has 0 bridgehead atoms. The largest absolute Gasteiger partial charge is 0.354 e. The first-order valence-corrected chi connectivity index (χ1v) is 9.79. The number of aromatic nitrogens is 2. The minimum absolute atomic E-state index is 0.114. The van der Waals surface area contributed by atoms with Crippen LogP contribution in [0.2, 0.25) is 0 Å². The number of nitrogens with zero attached hydrogens (tertiary/aromatic N) is 3. The SMILES string of the molecule is CNC(=O)c1ccn(C2CCCN(CC3CCc4ccccc4C3)C2)n1. The number of nitrogens with one attached hydrogen (secondary N) is 1. The van der Waals surface area contributed by atoms with Crippen LogP contribution in [0.15, 0.2) is 36.5 Å². The standard InChI is InChI=1S/C21H28N4O/c1-22-21(26)20-10-12-25(23-20)19-7-4-11-24(15-19)14-16-8-9-17-5-2-3-6-18(17)13-16/h2-3,5-6,10,12,16,19H,4,7-9,11,13-15H2,1H3,(H,22,26). The van der Waals surface area contributed by atoms with Crippen molar-refractivity contribution in [3.05, 3.63) is 53.3 Å². The second-order valence-corrected chi connectivity index (χ2v) is 7.69. The van der Waals surface area contributed by atoms with E-state index in [9.17, 15) is 4.79 Å². The molecule has 1 N–H and O–H groups in total. The zero-order valence-electron chi connectivity index (χ0n) is 15.5. The molecule has 1 aromatic carbocycles. The van der Waals surface area contributed by atoms with Crippen molar-refractivity contribution in [2.75, 3.05) is 26.7 Å². The average Bonchev–Trinajstić information content (AvgIpc) is 3.18. The summed E-state index contributed by atoms with van der Waals surface area (Å²) in [4.78, 5) is 14.3. The molecule has 1 aliphatic carbocycles. The van der Waals surface area contributed by atoms with Crippen molar-refractivity contribution in [1.82, 2.24) is 20.0 Å². The van der Waals surface area contributed by atoms with E-state index < -0.39 is 0 Å². The van der Waals surface area contributed by atoms with Crippen molar-refractivity contribution >= 4 is 5.91 Å². The maximum Gasteiger partial charge on any atom is 0.271 e. The van der Waals surface area contributed by atoms with Gasteiger partial charge in [0.1, 0.15) is 5.69 Å². The molecular formula is C21H28N4O. The molecule has 2 atom stereocenters. The van der Waals surface area contributed by atoms with Gasteiger partial charge in [-0.2, -0.15) is 5.10 Å². The molecule has 2 unspecified atom stereocenters. The molecule has 138 valence electrons. The Morgan fingerprint density at radius 2 is 2.08 bits per heavy atom. The third-order valence-electron chi connectivity index (χ3n) is 5.89. The van der Waals surface area contributed by atoms with Crippen LogP contribution < -0.4 is 5.32 Å². The van der Waals surface area contributed by atoms with E-state index in [0.29, 0.717) is 11.7 Å². The fourth-order valence-corrected chi connectivity index (χ4v) is 4.50. The molecule has 0 saturated carbocycles. The molecule has 0 spiro atoms. The van der Waals surface area contributed by atoms with Gasteiger partial charge in [0, 0.05) is 26.3 Å². The van der Waals surface area contributed by atoms with E-state index in [2.05, 4.69) is 39.6 Å². The fourth-order valence-electron chi connectivity index (χ4n) is 4.50. The molecule has 0 radical (unpaired) electrons. The Morgan fingerprint density at radius 1 is 1.23 bits per heavy atom. The number of benzene rings is 1. The maximum atomic E-state index is 11.7. The molecule has 2 heterocycles. The number of amides is 1. The van der Waals surface area contributed by atoms with Gasteiger partial charge in [0.05, 0.1) is 6.04 Å². The minimum Gasteiger partial charge on any atom is -0.354 e. The van der Waals surface area contributed by atoms with Crippen molar-refractivity contribution < 1.29 is 4.79 Å². The van der Waals surface area contributed by atoms with E-state index in [1.165, 1.54) is 38.8 Å². The van der Waals surface area contributed by atoms with Crippen LogP contribution in [-0.4, -0.2) is 47.3 Å². The summed E-state index contributed by atoms with van der Waals surface area (Å²) in [6.07, 6.45) is 8.01. The van der Waals surface area contributed by atoms with E-state index in [1.54, 1.807) is 18.2 Å². The van der Waals surface area contributed by atoms with E-state index in [0.717, 1.165) is 18.9 Å². The van der Waals surface area contributed by atoms with Gasteiger partial charge in [-0.15, -0.1) is 0 Å². The van der Waals surface area contributed by atoms with E-state index in [4.69, 9.17) is 0 Å². The van der Waals surface area contributed by atoms with Gasteiger partial charge in [0.15, 0.2) is 0 Å². The number of carbonyl (C=O) groups excluding carboxylic acids is 1. The number of hydrogen-bond donors (Lipinski definition) is 1. The lowest BCUT2D eigenvalue weighted by Crippen LogP contribution is -2.40. The number of hydrogen-bond acceptors (Lipinski definition) is 3. The third kappa shape index (κ3) is 3.68. The molecule has 5 nitrogen and oxygen atoms in total. The maximum absolute atomic E-state index is 11.7. The third-order valence-corrected chi connectivity index (χ3v) is 5.89. The first-order chi connectivity index (χ1) is 12.7. The van der Waals surface area contributed by atoms with Gasteiger partial charge >= 0.3 is 0 Å². The molecule has 1 aliphatic heterocycles. The lowest BCUT2D eigenvalue weighted by molar-refractivity contribution is 0.0955. The van der Waals surface area contributed by atoms with Crippen LogP contribution in [-0.2, 0) is 12.8 Å². The van der Waals surface area contributed by atoms with Crippen molar-refractivity contribution in [1.29, 1.82) is 0 Å². The number of carbonyl (C=O) groups is 1. The topological polar surface area (TPSA) is 50.2 Å². The summed E-state index contributed by atoms with van der Waals surface area (Å²) in [6, 6.07) is 11.1. The highest BCUT2D eigenvalue weighted by atomic mass is 16.1. The first kappa shape index (κ1) is 17.3.